The van der Waals surface area contributed by atoms with E-state index < -0.39 is 5.97 Å². The topological polar surface area (TPSA) is 40.5 Å². The second-order valence-corrected chi connectivity index (χ2v) is 6.26. The molecule has 1 fully saturated rings. The van der Waals surface area contributed by atoms with E-state index in [9.17, 15) is 4.79 Å². The van der Waals surface area contributed by atoms with Crippen molar-refractivity contribution in [2.75, 3.05) is 13.1 Å². The minimum Gasteiger partial charge on any atom is -0.480 e. The lowest BCUT2D eigenvalue weighted by Gasteiger charge is -2.28. The largest absolute Gasteiger partial charge is 0.480 e. The van der Waals surface area contributed by atoms with Gasteiger partial charge in [0.25, 0.3) is 0 Å². The maximum atomic E-state index is 11.0. The fourth-order valence-electron chi connectivity index (χ4n) is 2.54. The molecule has 1 aromatic rings. The third kappa shape index (κ3) is 4.07. The molecule has 1 N–H and O–H groups in total. The van der Waals surface area contributed by atoms with Crippen LogP contribution in [0.4, 0.5) is 0 Å². The third-order valence-corrected chi connectivity index (χ3v) is 4.16. The van der Waals surface area contributed by atoms with Crippen LogP contribution in [0.25, 0.3) is 0 Å². The maximum Gasteiger partial charge on any atom is 0.317 e. The fourth-order valence-corrected chi connectivity index (χ4v) is 2.54. The highest BCUT2D eigenvalue weighted by molar-refractivity contribution is 5.69. The van der Waals surface area contributed by atoms with Crippen molar-refractivity contribution in [3.63, 3.8) is 0 Å². The van der Waals surface area contributed by atoms with Crippen LogP contribution in [-0.4, -0.2) is 29.1 Å². The lowest BCUT2D eigenvalue weighted by Crippen LogP contribution is -2.34. The van der Waals surface area contributed by atoms with Crippen LogP contribution < -0.4 is 0 Å². The van der Waals surface area contributed by atoms with Crippen LogP contribution in [0.3, 0.4) is 0 Å². The van der Waals surface area contributed by atoms with Crippen molar-refractivity contribution >= 4 is 5.97 Å². The molecule has 2 rings (SSSR count). The van der Waals surface area contributed by atoms with E-state index in [4.69, 9.17) is 5.11 Å². The Labute approximate surface area is 121 Å². The molecule has 1 aliphatic rings. The van der Waals surface area contributed by atoms with E-state index >= 15 is 0 Å². The summed E-state index contributed by atoms with van der Waals surface area (Å²) in [5, 5.41) is 9.09. The molecular weight excluding hydrogens is 250 g/mol. The number of carboxylic acids is 1. The molecule has 1 aliphatic carbocycles. The van der Waals surface area contributed by atoms with Gasteiger partial charge in [-0.1, -0.05) is 38.1 Å². The van der Waals surface area contributed by atoms with Gasteiger partial charge >= 0.3 is 5.97 Å². The van der Waals surface area contributed by atoms with Crippen LogP contribution in [0, 0.1) is 5.92 Å². The molecule has 1 saturated carbocycles. The van der Waals surface area contributed by atoms with Crippen LogP contribution in [0.5, 0.6) is 0 Å². The highest BCUT2D eigenvalue weighted by Crippen LogP contribution is 2.32. The summed E-state index contributed by atoms with van der Waals surface area (Å²) in [4.78, 5) is 13.1. The minimum atomic E-state index is -0.740. The van der Waals surface area contributed by atoms with Gasteiger partial charge in [0.2, 0.25) is 0 Å². The molecule has 3 heteroatoms. The Morgan fingerprint density at radius 2 is 1.75 bits per heavy atom. The normalized spacial score (nSPS) is 16.6. The Hall–Kier alpha value is -1.35. The van der Waals surface area contributed by atoms with Gasteiger partial charge in [-0.25, -0.2) is 0 Å². The second kappa shape index (κ2) is 6.40. The van der Waals surface area contributed by atoms with Crippen LogP contribution in [0.15, 0.2) is 24.3 Å². The number of hydrogen-bond donors (Lipinski definition) is 1. The summed E-state index contributed by atoms with van der Waals surface area (Å²) in [7, 11) is 0. The van der Waals surface area contributed by atoms with Gasteiger partial charge in [-0.3, -0.25) is 9.69 Å². The SMILES string of the molecule is CC(C)c1ccc(C(C)N(CC(=O)O)CC2CC2)cc1. The highest BCUT2D eigenvalue weighted by atomic mass is 16.4. The zero-order valence-corrected chi connectivity index (χ0v) is 12.7. The molecule has 1 unspecified atom stereocenters. The molecule has 0 aliphatic heterocycles. The standard InChI is InChI=1S/C17H25NO2/c1-12(2)15-6-8-16(9-7-15)13(3)18(11-17(19)20)10-14-4-5-14/h6-9,12-14H,4-5,10-11H2,1-3H3,(H,19,20). The van der Waals surface area contributed by atoms with Crippen LogP contribution in [0.1, 0.15) is 56.7 Å². The Morgan fingerprint density at radius 1 is 1.20 bits per heavy atom. The first-order chi connectivity index (χ1) is 9.47. The predicted molar refractivity (Wildman–Crippen MR) is 80.9 cm³/mol. The van der Waals surface area contributed by atoms with E-state index in [-0.39, 0.29) is 12.6 Å². The Bertz CT molecular complexity index is 449. The number of benzene rings is 1. The zero-order chi connectivity index (χ0) is 14.7. The van der Waals surface area contributed by atoms with Gasteiger partial charge in [-0.05, 0) is 42.7 Å². The van der Waals surface area contributed by atoms with Crippen molar-refractivity contribution in [3.05, 3.63) is 35.4 Å². The first-order valence-corrected chi connectivity index (χ1v) is 7.53. The van der Waals surface area contributed by atoms with Gasteiger partial charge in [-0.15, -0.1) is 0 Å². The molecule has 0 spiro atoms. The van der Waals surface area contributed by atoms with E-state index in [2.05, 4.69) is 49.9 Å². The van der Waals surface area contributed by atoms with E-state index in [1.54, 1.807) is 0 Å². The maximum absolute atomic E-state index is 11.0. The van der Waals surface area contributed by atoms with E-state index in [0.717, 1.165) is 6.54 Å². The molecule has 1 atom stereocenters. The lowest BCUT2D eigenvalue weighted by molar-refractivity contribution is -0.139. The number of hydrogen-bond acceptors (Lipinski definition) is 2. The molecule has 1 aromatic carbocycles. The zero-order valence-electron chi connectivity index (χ0n) is 12.7. The second-order valence-electron chi connectivity index (χ2n) is 6.26. The van der Waals surface area contributed by atoms with Crippen LogP contribution in [-0.2, 0) is 4.79 Å². The highest BCUT2D eigenvalue weighted by Gasteiger charge is 2.28. The molecule has 0 radical (unpaired) electrons. The molecule has 0 bridgehead atoms. The predicted octanol–water partition coefficient (Wildman–Crippen LogP) is 3.67. The molecule has 110 valence electrons. The number of carboxylic acid groups (broad SMARTS) is 1. The molecular formula is C17H25NO2. The average Bonchev–Trinajstić information content (AvgIpc) is 3.20. The number of aliphatic carboxylic acids is 1. The summed E-state index contributed by atoms with van der Waals surface area (Å²) < 4.78 is 0. The molecule has 3 nitrogen and oxygen atoms in total. The summed E-state index contributed by atoms with van der Waals surface area (Å²) in [6.07, 6.45) is 2.49. The van der Waals surface area contributed by atoms with Gasteiger partial charge in [-0.2, -0.15) is 0 Å². The quantitative estimate of drug-likeness (QED) is 0.825. The van der Waals surface area contributed by atoms with Gasteiger partial charge in [0, 0.05) is 12.6 Å². The molecule has 0 amide bonds. The monoisotopic (exact) mass is 275 g/mol. The van der Waals surface area contributed by atoms with Crippen molar-refractivity contribution in [3.8, 4) is 0 Å². The lowest BCUT2D eigenvalue weighted by atomic mass is 9.99. The Kier molecular flexibility index (Phi) is 4.81. The van der Waals surface area contributed by atoms with Gasteiger partial charge < -0.3 is 5.11 Å². The molecule has 0 saturated heterocycles. The van der Waals surface area contributed by atoms with Gasteiger partial charge in [0.05, 0.1) is 6.54 Å². The number of nitrogens with zero attached hydrogens (tertiary/aromatic N) is 1. The average molecular weight is 275 g/mol. The third-order valence-electron chi connectivity index (χ3n) is 4.16. The summed E-state index contributed by atoms with van der Waals surface area (Å²) in [5.74, 6) is 0.490. The summed E-state index contributed by atoms with van der Waals surface area (Å²) in [5.41, 5.74) is 2.53. The van der Waals surface area contributed by atoms with E-state index in [1.807, 2.05) is 0 Å². The van der Waals surface area contributed by atoms with Gasteiger partial charge in [0.15, 0.2) is 0 Å². The van der Waals surface area contributed by atoms with Crippen LogP contribution >= 0.6 is 0 Å². The first kappa shape index (κ1) is 15.0. The van der Waals surface area contributed by atoms with Crippen molar-refractivity contribution in [2.24, 2.45) is 5.92 Å². The van der Waals surface area contributed by atoms with E-state index in [1.165, 1.54) is 24.0 Å². The van der Waals surface area contributed by atoms with Gasteiger partial charge in [0.1, 0.15) is 0 Å². The van der Waals surface area contributed by atoms with E-state index in [0.29, 0.717) is 11.8 Å². The van der Waals surface area contributed by atoms with Crippen molar-refractivity contribution in [2.45, 2.75) is 45.6 Å². The van der Waals surface area contributed by atoms with Crippen molar-refractivity contribution in [1.82, 2.24) is 4.90 Å². The first-order valence-electron chi connectivity index (χ1n) is 7.53. The Balaban J connectivity index is 2.08. The summed E-state index contributed by atoms with van der Waals surface area (Å²) >= 11 is 0. The number of carbonyl (C=O) groups is 1. The smallest absolute Gasteiger partial charge is 0.317 e. The summed E-state index contributed by atoms with van der Waals surface area (Å²) in [6.45, 7) is 7.50. The van der Waals surface area contributed by atoms with Crippen LogP contribution in [0.2, 0.25) is 0 Å². The fraction of sp³-hybridized carbons (Fsp3) is 0.588. The molecule has 0 heterocycles. The minimum absolute atomic E-state index is 0.129. The number of rotatable bonds is 7. The molecule has 20 heavy (non-hydrogen) atoms. The molecule has 0 aromatic heterocycles. The van der Waals surface area contributed by atoms with Crippen molar-refractivity contribution < 1.29 is 9.90 Å². The Morgan fingerprint density at radius 3 is 2.20 bits per heavy atom. The van der Waals surface area contributed by atoms with Crippen molar-refractivity contribution in [1.29, 1.82) is 0 Å². The summed E-state index contributed by atoms with van der Waals surface area (Å²) in [6, 6.07) is 8.76.